The summed E-state index contributed by atoms with van der Waals surface area (Å²) in [5, 5.41) is 0. The number of amidine groups is 1. The molecule has 0 saturated heterocycles. The molecule has 4 heteroatoms. The highest BCUT2D eigenvalue weighted by atomic mass is 127. The highest BCUT2D eigenvalue weighted by molar-refractivity contribution is 14.1. The van der Waals surface area contributed by atoms with E-state index in [0.717, 1.165) is 0 Å². The van der Waals surface area contributed by atoms with Gasteiger partial charge in [0.15, 0.2) is 0 Å². The Kier molecular flexibility index (Phi) is 4.42. The van der Waals surface area contributed by atoms with E-state index < -0.39 is 0 Å². The Morgan fingerprint density at radius 3 is 2.71 bits per heavy atom. The fourth-order valence-electron chi connectivity index (χ4n) is 0.120. The minimum atomic E-state index is 0.414. The number of aliphatic imine (C=N–C) groups is 1. The normalized spacial score (nSPS) is 12.0. The Hall–Kier alpha value is 0.160. The van der Waals surface area contributed by atoms with E-state index in [1.54, 1.807) is 30.1 Å². The van der Waals surface area contributed by atoms with Crippen LogP contribution in [-0.4, -0.2) is 19.5 Å². The van der Waals surface area contributed by atoms with E-state index in [9.17, 15) is 0 Å². The Morgan fingerprint density at radius 1 is 2.00 bits per heavy atom. The number of hydrogen-bond donors (Lipinski definition) is 1. The molecular formula is C3H7IN2O. The fourth-order valence-corrected chi connectivity index (χ4v) is 0.440. The van der Waals surface area contributed by atoms with Crippen molar-refractivity contribution in [1.29, 1.82) is 0 Å². The van der Waals surface area contributed by atoms with Gasteiger partial charge in [-0.05, 0) is 0 Å². The molecule has 0 unspecified atom stereocenters. The zero-order valence-electron chi connectivity index (χ0n) is 4.02. The second-order valence-electron chi connectivity index (χ2n) is 0.968. The molecule has 0 heterocycles. The van der Waals surface area contributed by atoms with Crippen LogP contribution in [0.3, 0.4) is 0 Å². The second kappa shape index (κ2) is 4.32. The molecule has 0 atom stereocenters. The topological polar surface area (TPSA) is 47.6 Å². The van der Waals surface area contributed by atoms with Crippen molar-refractivity contribution in [2.45, 2.75) is 0 Å². The van der Waals surface area contributed by atoms with Crippen LogP contribution in [0.25, 0.3) is 0 Å². The van der Waals surface area contributed by atoms with Crippen LogP contribution in [0.5, 0.6) is 0 Å². The zero-order valence-corrected chi connectivity index (χ0v) is 6.18. The molecule has 0 aromatic heterocycles. The Labute approximate surface area is 56.6 Å². The van der Waals surface area contributed by atoms with Gasteiger partial charge < -0.3 is 8.80 Å². The average molecular weight is 214 g/mol. The maximum atomic E-state index is 5.20. The van der Waals surface area contributed by atoms with Gasteiger partial charge in [-0.25, -0.2) is 0 Å². The predicted octanol–water partition coefficient (Wildman–Crippen LogP) is 0.340. The minimum absolute atomic E-state index is 0.414. The van der Waals surface area contributed by atoms with Crippen molar-refractivity contribution in [2.75, 3.05) is 13.7 Å². The van der Waals surface area contributed by atoms with Gasteiger partial charge in [-0.15, -0.1) is 0 Å². The van der Waals surface area contributed by atoms with Crippen LogP contribution in [0.2, 0.25) is 0 Å². The van der Waals surface area contributed by atoms with E-state index in [0.29, 0.717) is 12.4 Å². The van der Waals surface area contributed by atoms with E-state index >= 15 is 0 Å². The number of hydrogen-bond acceptors (Lipinski definition) is 2. The van der Waals surface area contributed by atoms with Crippen molar-refractivity contribution >= 4 is 28.8 Å². The van der Waals surface area contributed by atoms with E-state index in [1.165, 1.54) is 0 Å². The van der Waals surface area contributed by atoms with Gasteiger partial charge in [-0.2, -0.15) is 0 Å². The van der Waals surface area contributed by atoms with Crippen molar-refractivity contribution in [3.63, 3.8) is 0 Å². The van der Waals surface area contributed by atoms with Crippen LogP contribution < -0.4 is 5.73 Å². The predicted molar refractivity (Wildman–Crippen MR) is 37.5 cm³/mol. The zero-order chi connectivity index (χ0) is 5.70. The van der Waals surface area contributed by atoms with E-state index in [-0.39, 0.29) is 0 Å². The number of nitrogens with zero attached hydrogens (tertiary/aromatic N) is 1. The second-order valence-corrected chi connectivity index (χ2v) is 1.59. The summed E-state index contributed by atoms with van der Waals surface area (Å²) in [7, 11) is 1.63. The molecule has 0 rings (SSSR count). The maximum absolute atomic E-state index is 5.20. The van der Waals surface area contributed by atoms with Crippen molar-refractivity contribution in [1.82, 2.24) is 0 Å². The van der Waals surface area contributed by atoms with Crippen molar-refractivity contribution in [3.05, 3.63) is 0 Å². The third-order valence-electron chi connectivity index (χ3n) is 0.490. The molecule has 2 N–H and O–H groups in total. The van der Waals surface area contributed by atoms with Gasteiger partial charge >= 0.3 is 0 Å². The molecule has 0 aliphatic carbocycles. The quantitative estimate of drug-likeness (QED) is 0.409. The molecule has 0 fully saturated rings. The lowest BCUT2D eigenvalue weighted by molar-refractivity contribution is 0.504. The molecular weight excluding hydrogens is 207 g/mol. The largest absolute Gasteiger partial charge is 0.386 e. The molecule has 0 aliphatic heterocycles. The van der Waals surface area contributed by atoms with Gasteiger partial charge in [0.2, 0.25) is 0 Å². The van der Waals surface area contributed by atoms with Gasteiger partial charge in [-0.3, -0.25) is 4.99 Å². The first-order chi connectivity index (χ1) is 3.31. The summed E-state index contributed by atoms with van der Waals surface area (Å²) in [5.74, 6) is 0.523. The fraction of sp³-hybridized carbons (Fsp3) is 0.667. The minimum Gasteiger partial charge on any atom is -0.386 e. The highest BCUT2D eigenvalue weighted by Crippen LogP contribution is 1.82. The van der Waals surface area contributed by atoms with Crippen LogP contribution in [0.1, 0.15) is 0 Å². The molecule has 0 aromatic carbocycles. The average Bonchev–Trinajstić information content (AvgIpc) is 1.68. The smallest absolute Gasteiger partial charge is 0.121 e. The molecule has 0 saturated carbocycles. The third-order valence-corrected chi connectivity index (χ3v) is 0.801. The van der Waals surface area contributed by atoms with Crippen LogP contribution in [0, 0.1) is 0 Å². The summed E-state index contributed by atoms with van der Waals surface area (Å²) in [6.07, 6.45) is 0. The molecule has 0 aliphatic rings. The van der Waals surface area contributed by atoms with E-state index in [1.807, 2.05) is 0 Å². The maximum Gasteiger partial charge on any atom is 0.121 e. The molecule has 0 radical (unpaired) electrons. The van der Waals surface area contributed by atoms with Crippen molar-refractivity contribution < 1.29 is 3.07 Å². The lowest BCUT2D eigenvalue weighted by Crippen LogP contribution is -2.15. The van der Waals surface area contributed by atoms with Crippen LogP contribution in [-0.2, 0) is 3.07 Å². The molecule has 3 nitrogen and oxygen atoms in total. The highest BCUT2D eigenvalue weighted by Gasteiger charge is 1.83. The molecule has 0 bridgehead atoms. The van der Waals surface area contributed by atoms with Gasteiger partial charge in [-0.1, -0.05) is 0 Å². The van der Waals surface area contributed by atoms with Gasteiger partial charge in [0.1, 0.15) is 35.4 Å². The Morgan fingerprint density at radius 2 is 2.57 bits per heavy atom. The summed E-state index contributed by atoms with van der Waals surface area (Å²) < 4.78 is 4.61. The van der Waals surface area contributed by atoms with Crippen molar-refractivity contribution in [2.24, 2.45) is 10.7 Å². The molecule has 0 aromatic rings. The summed E-state index contributed by atoms with van der Waals surface area (Å²) in [5.41, 5.74) is 5.20. The first-order valence-electron chi connectivity index (χ1n) is 1.76. The lowest BCUT2D eigenvalue weighted by Gasteiger charge is -1.90. The molecule has 0 amide bonds. The standard InChI is InChI=1S/C3H7IN2O/c1-6-3(5)2-7-4/h2H2,1H3,(H2,5,6). The van der Waals surface area contributed by atoms with Gasteiger partial charge in [0.25, 0.3) is 0 Å². The molecule has 0 spiro atoms. The lowest BCUT2D eigenvalue weighted by atomic mass is 10.7. The SMILES string of the molecule is CN=C(N)COI. The summed E-state index contributed by atoms with van der Waals surface area (Å²) in [4.78, 5) is 3.64. The van der Waals surface area contributed by atoms with Gasteiger partial charge in [0, 0.05) is 7.05 Å². The molecule has 7 heavy (non-hydrogen) atoms. The van der Waals surface area contributed by atoms with Crippen LogP contribution >= 0.6 is 23.0 Å². The summed E-state index contributed by atoms with van der Waals surface area (Å²) in [6.45, 7) is 0.414. The van der Waals surface area contributed by atoms with Crippen LogP contribution in [0.15, 0.2) is 4.99 Å². The van der Waals surface area contributed by atoms with Crippen molar-refractivity contribution in [3.8, 4) is 0 Å². The molecule has 42 valence electrons. The Bertz CT molecular complexity index is 73.3. The number of rotatable bonds is 2. The van der Waals surface area contributed by atoms with E-state index in [4.69, 9.17) is 5.73 Å². The monoisotopic (exact) mass is 214 g/mol. The first-order valence-corrected chi connectivity index (χ1v) is 2.64. The van der Waals surface area contributed by atoms with Gasteiger partial charge in [0.05, 0.1) is 0 Å². The third kappa shape index (κ3) is 4.00. The number of nitrogens with two attached hydrogens (primary N) is 1. The summed E-state index contributed by atoms with van der Waals surface area (Å²) >= 11 is 1.77. The summed E-state index contributed by atoms with van der Waals surface area (Å²) in [6, 6.07) is 0. The first kappa shape index (κ1) is 7.16. The number of halogens is 1. The van der Waals surface area contributed by atoms with Crippen LogP contribution in [0.4, 0.5) is 0 Å². The van der Waals surface area contributed by atoms with E-state index in [2.05, 4.69) is 8.06 Å². The Balaban J connectivity index is 3.17.